The van der Waals surface area contributed by atoms with Crippen molar-refractivity contribution in [3.05, 3.63) is 23.4 Å². The van der Waals surface area contributed by atoms with E-state index < -0.39 is 0 Å². The number of alkyl halides is 1. The molecule has 0 fully saturated rings. The van der Waals surface area contributed by atoms with Crippen molar-refractivity contribution in [2.24, 2.45) is 0 Å². The first-order valence-electron chi connectivity index (χ1n) is 6.44. The van der Waals surface area contributed by atoms with E-state index in [0.29, 0.717) is 11.8 Å². The van der Waals surface area contributed by atoms with Crippen LogP contribution in [0.3, 0.4) is 0 Å². The molecular formula is C14H23ClN2. The Morgan fingerprint density at radius 2 is 2.00 bits per heavy atom. The van der Waals surface area contributed by atoms with Gasteiger partial charge < -0.3 is 4.90 Å². The number of halogens is 1. The van der Waals surface area contributed by atoms with Crippen LogP contribution in [0.2, 0.25) is 0 Å². The number of anilines is 1. The third-order valence-electron chi connectivity index (χ3n) is 2.84. The van der Waals surface area contributed by atoms with Gasteiger partial charge in [0.15, 0.2) is 0 Å². The van der Waals surface area contributed by atoms with Crippen LogP contribution in [0.25, 0.3) is 0 Å². The lowest BCUT2D eigenvalue weighted by molar-refractivity contribution is 0.758. The molecule has 1 aromatic rings. The minimum atomic E-state index is 0.442. The van der Waals surface area contributed by atoms with E-state index in [9.17, 15) is 0 Å². The number of pyridine rings is 1. The van der Waals surface area contributed by atoms with E-state index in [-0.39, 0.29) is 0 Å². The molecule has 0 amide bonds. The lowest BCUT2D eigenvalue weighted by Gasteiger charge is -2.23. The normalized spacial score (nSPS) is 10.9. The molecule has 0 saturated heterocycles. The van der Waals surface area contributed by atoms with Crippen LogP contribution in [0.15, 0.2) is 12.1 Å². The molecule has 1 aromatic heterocycles. The van der Waals surface area contributed by atoms with E-state index >= 15 is 0 Å². The van der Waals surface area contributed by atoms with Gasteiger partial charge in [-0.05, 0) is 37.0 Å². The van der Waals surface area contributed by atoms with Crippen LogP contribution >= 0.6 is 11.6 Å². The Hall–Kier alpha value is -0.760. The lowest BCUT2D eigenvalue weighted by atomic mass is 10.1. The summed E-state index contributed by atoms with van der Waals surface area (Å²) in [6.07, 6.45) is 1.14. The lowest BCUT2D eigenvalue weighted by Crippen LogP contribution is -2.25. The molecule has 3 heteroatoms. The van der Waals surface area contributed by atoms with Crippen LogP contribution in [-0.2, 0) is 5.88 Å². The van der Waals surface area contributed by atoms with Crippen molar-refractivity contribution < 1.29 is 0 Å². The molecule has 0 N–H and O–H groups in total. The van der Waals surface area contributed by atoms with Gasteiger partial charge in [0, 0.05) is 24.7 Å². The van der Waals surface area contributed by atoms with Crippen LogP contribution in [-0.4, -0.2) is 18.1 Å². The highest BCUT2D eigenvalue weighted by molar-refractivity contribution is 6.17. The van der Waals surface area contributed by atoms with E-state index in [1.54, 1.807) is 0 Å². The molecule has 1 rings (SSSR count). The van der Waals surface area contributed by atoms with Gasteiger partial charge in [-0.25, -0.2) is 4.98 Å². The smallest absolute Gasteiger partial charge is 0.129 e. The molecule has 0 atom stereocenters. The standard InChI is InChI=1S/C14H23ClN2/c1-5-7-17(6-2)14-9-12(10-15)8-13(16-14)11(3)4/h8-9,11H,5-7,10H2,1-4H3. The second-order valence-electron chi connectivity index (χ2n) is 4.63. The van der Waals surface area contributed by atoms with Gasteiger partial charge in [0.1, 0.15) is 5.82 Å². The van der Waals surface area contributed by atoms with Crippen molar-refractivity contribution in [1.29, 1.82) is 0 Å². The largest absolute Gasteiger partial charge is 0.357 e. The van der Waals surface area contributed by atoms with Gasteiger partial charge >= 0.3 is 0 Å². The zero-order valence-electron chi connectivity index (χ0n) is 11.3. The van der Waals surface area contributed by atoms with Gasteiger partial charge in [0.05, 0.1) is 0 Å². The number of rotatable bonds is 6. The third-order valence-corrected chi connectivity index (χ3v) is 3.15. The summed E-state index contributed by atoms with van der Waals surface area (Å²) < 4.78 is 0. The van der Waals surface area contributed by atoms with E-state index in [0.717, 1.165) is 36.6 Å². The Kier molecular flexibility index (Phi) is 5.76. The van der Waals surface area contributed by atoms with Crippen LogP contribution < -0.4 is 4.90 Å². The summed E-state index contributed by atoms with van der Waals surface area (Å²) in [5.74, 6) is 2.06. The Morgan fingerprint density at radius 1 is 1.29 bits per heavy atom. The zero-order chi connectivity index (χ0) is 12.8. The minimum Gasteiger partial charge on any atom is -0.357 e. The predicted molar refractivity (Wildman–Crippen MR) is 76.1 cm³/mol. The molecule has 0 bridgehead atoms. The second kappa shape index (κ2) is 6.85. The summed E-state index contributed by atoms with van der Waals surface area (Å²) in [7, 11) is 0. The van der Waals surface area contributed by atoms with Crippen molar-refractivity contribution in [2.75, 3.05) is 18.0 Å². The molecule has 0 aliphatic rings. The fourth-order valence-corrected chi connectivity index (χ4v) is 1.99. The maximum absolute atomic E-state index is 5.95. The number of hydrogen-bond donors (Lipinski definition) is 0. The van der Waals surface area contributed by atoms with E-state index in [1.165, 1.54) is 0 Å². The monoisotopic (exact) mass is 254 g/mol. The molecule has 0 unspecified atom stereocenters. The van der Waals surface area contributed by atoms with Gasteiger partial charge in [-0.15, -0.1) is 11.6 Å². The molecule has 0 radical (unpaired) electrons. The molecule has 0 spiro atoms. The summed E-state index contributed by atoms with van der Waals surface area (Å²) in [6.45, 7) is 10.7. The fraction of sp³-hybridized carbons (Fsp3) is 0.643. The molecule has 0 saturated carbocycles. The number of aromatic nitrogens is 1. The topological polar surface area (TPSA) is 16.1 Å². The van der Waals surface area contributed by atoms with Crippen molar-refractivity contribution in [3.8, 4) is 0 Å². The van der Waals surface area contributed by atoms with Gasteiger partial charge in [0.2, 0.25) is 0 Å². The van der Waals surface area contributed by atoms with Crippen LogP contribution in [0.1, 0.15) is 51.3 Å². The number of hydrogen-bond acceptors (Lipinski definition) is 2. The molecule has 1 heterocycles. The highest BCUT2D eigenvalue weighted by Gasteiger charge is 2.10. The molecule has 2 nitrogen and oxygen atoms in total. The highest BCUT2D eigenvalue weighted by Crippen LogP contribution is 2.21. The quantitative estimate of drug-likeness (QED) is 0.708. The van der Waals surface area contributed by atoms with Gasteiger partial charge in [-0.2, -0.15) is 0 Å². The molecule has 0 aliphatic carbocycles. The minimum absolute atomic E-state index is 0.442. The first kappa shape index (κ1) is 14.3. The SMILES string of the molecule is CCCN(CC)c1cc(CCl)cc(C(C)C)n1. The van der Waals surface area contributed by atoms with Crippen molar-refractivity contribution in [2.45, 2.75) is 45.9 Å². The summed E-state index contributed by atoms with van der Waals surface area (Å²) in [5.41, 5.74) is 2.29. The van der Waals surface area contributed by atoms with Crippen LogP contribution in [0, 0.1) is 0 Å². The average Bonchev–Trinajstić information content (AvgIpc) is 2.35. The summed E-state index contributed by atoms with van der Waals surface area (Å²) in [4.78, 5) is 7.05. The summed E-state index contributed by atoms with van der Waals surface area (Å²) in [6, 6.07) is 4.22. The van der Waals surface area contributed by atoms with Gasteiger partial charge in [-0.3, -0.25) is 0 Å². The van der Waals surface area contributed by atoms with Crippen molar-refractivity contribution >= 4 is 17.4 Å². The maximum Gasteiger partial charge on any atom is 0.129 e. The van der Waals surface area contributed by atoms with E-state index in [1.807, 2.05) is 0 Å². The predicted octanol–water partition coefficient (Wildman–Crippen LogP) is 4.18. The van der Waals surface area contributed by atoms with E-state index in [2.05, 4.69) is 44.7 Å². The van der Waals surface area contributed by atoms with E-state index in [4.69, 9.17) is 16.6 Å². The molecule has 0 aromatic carbocycles. The van der Waals surface area contributed by atoms with Gasteiger partial charge in [-0.1, -0.05) is 20.8 Å². The van der Waals surface area contributed by atoms with Crippen LogP contribution in [0.4, 0.5) is 5.82 Å². The molecule has 17 heavy (non-hydrogen) atoms. The zero-order valence-corrected chi connectivity index (χ0v) is 12.1. The highest BCUT2D eigenvalue weighted by atomic mass is 35.5. The van der Waals surface area contributed by atoms with Crippen LogP contribution in [0.5, 0.6) is 0 Å². The molecular weight excluding hydrogens is 232 g/mol. The van der Waals surface area contributed by atoms with Crippen molar-refractivity contribution in [1.82, 2.24) is 4.98 Å². The Morgan fingerprint density at radius 3 is 2.47 bits per heavy atom. The average molecular weight is 255 g/mol. The molecule has 96 valence electrons. The maximum atomic E-state index is 5.95. The Bertz CT molecular complexity index is 350. The summed E-state index contributed by atoms with van der Waals surface area (Å²) >= 11 is 5.95. The fourth-order valence-electron chi connectivity index (χ4n) is 1.83. The third kappa shape index (κ3) is 3.88. The van der Waals surface area contributed by atoms with Crippen molar-refractivity contribution in [3.63, 3.8) is 0 Å². The second-order valence-corrected chi connectivity index (χ2v) is 4.89. The Balaban J connectivity index is 3.08. The first-order chi connectivity index (χ1) is 8.12. The Labute approximate surface area is 110 Å². The number of nitrogens with zero attached hydrogens (tertiary/aromatic N) is 2. The molecule has 0 aliphatic heterocycles. The van der Waals surface area contributed by atoms with Gasteiger partial charge in [0.25, 0.3) is 0 Å². The first-order valence-corrected chi connectivity index (χ1v) is 6.97. The summed E-state index contributed by atoms with van der Waals surface area (Å²) in [5, 5.41) is 0.